The van der Waals surface area contributed by atoms with Crippen LogP contribution in [-0.2, 0) is 4.74 Å². The molecule has 1 fully saturated rings. The maximum atomic E-state index is 12.5. The number of carbonyl (C=O) groups is 1. The number of aryl methyl sites for hydroxylation is 1. The molecule has 2 aromatic rings. The first-order valence-electron chi connectivity index (χ1n) is 10.5. The lowest BCUT2D eigenvalue weighted by Gasteiger charge is -2.26. The van der Waals surface area contributed by atoms with Gasteiger partial charge in [0.1, 0.15) is 11.3 Å². The van der Waals surface area contributed by atoms with Crippen molar-refractivity contribution in [3.05, 3.63) is 39.7 Å². The molecule has 7 heteroatoms. The SMILES string of the molecule is CCCCCOc1cc2cc(C(=O)NCCN3CCOCC3)c(=O)[nH]c2cc1C. The summed E-state index contributed by atoms with van der Waals surface area (Å²) in [5.74, 6) is 0.437. The van der Waals surface area contributed by atoms with E-state index in [1.807, 2.05) is 19.1 Å². The molecule has 1 aromatic heterocycles. The second kappa shape index (κ2) is 10.4. The molecule has 0 saturated carbocycles. The van der Waals surface area contributed by atoms with Crippen LogP contribution in [0, 0.1) is 6.92 Å². The van der Waals surface area contributed by atoms with Gasteiger partial charge >= 0.3 is 0 Å². The molecule has 1 aliphatic heterocycles. The van der Waals surface area contributed by atoms with Gasteiger partial charge in [-0.3, -0.25) is 14.5 Å². The second-order valence-electron chi connectivity index (χ2n) is 7.48. The minimum atomic E-state index is -0.377. The Hall–Kier alpha value is -2.38. The summed E-state index contributed by atoms with van der Waals surface area (Å²) in [7, 11) is 0. The predicted molar refractivity (Wildman–Crippen MR) is 114 cm³/mol. The van der Waals surface area contributed by atoms with Crippen molar-refractivity contribution in [2.45, 2.75) is 33.1 Å². The number of hydrogen-bond donors (Lipinski definition) is 2. The van der Waals surface area contributed by atoms with E-state index in [1.54, 1.807) is 6.07 Å². The third-order valence-electron chi connectivity index (χ3n) is 5.21. The summed E-state index contributed by atoms with van der Waals surface area (Å²) in [5, 5.41) is 3.64. The fourth-order valence-electron chi connectivity index (χ4n) is 3.45. The van der Waals surface area contributed by atoms with E-state index in [1.165, 1.54) is 0 Å². The molecule has 0 aliphatic carbocycles. The molecular formula is C22H31N3O4. The predicted octanol–water partition coefficient (Wildman–Crippen LogP) is 2.47. The molecule has 2 heterocycles. The monoisotopic (exact) mass is 401 g/mol. The van der Waals surface area contributed by atoms with Gasteiger partial charge in [-0.25, -0.2) is 0 Å². The fraction of sp³-hybridized carbons (Fsp3) is 0.545. The third-order valence-corrected chi connectivity index (χ3v) is 5.21. The van der Waals surface area contributed by atoms with Crippen LogP contribution in [0.1, 0.15) is 42.1 Å². The van der Waals surface area contributed by atoms with Crippen molar-refractivity contribution in [3.8, 4) is 5.75 Å². The molecule has 3 rings (SSSR count). The van der Waals surface area contributed by atoms with Gasteiger partial charge in [0.15, 0.2) is 0 Å². The number of aromatic nitrogens is 1. The number of carbonyl (C=O) groups excluding carboxylic acids is 1. The topological polar surface area (TPSA) is 83.7 Å². The van der Waals surface area contributed by atoms with E-state index in [0.717, 1.165) is 68.8 Å². The first kappa shape index (κ1) is 21.3. The number of nitrogens with zero attached hydrogens (tertiary/aromatic N) is 1. The second-order valence-corrected chi connectivity index (χ2v) is 7.48. The highest BCUT2D eigenvalue weighted by atomic mass is 16.5. The highest BCUT2D eigenvalue weighted by molar-refractivity contribution is 5.97. The van der Waals surface area contributed by atoms with Crippen LogP contribution in [0.4, 0.5) is 0 Å². The molecule has 29 heavy (non-hydrogen) atoms. The van der Waals surface area contributed by atoms with E-state index in [0.29, 0.717) is 18.7 Å². The molecule has 2 N–H and O–H groups in total. The maximum absolute atomic E-state index is 12.5. The Morgan fingerprint density at radius 2 is 2.03 bits per heavy atom. The Morgan fingerprint density at radius 3 is 2.79 bits per heavy atom. The van der Waals surface area contributed by atoms with Crippen LogP contribution in [0.15, 0.2) is 23.0 Å². The summed E-state index contributed by atoms with van der Waals surface area (Å²) in [6.07, 6.45) is 3.29. The van der Waals surface area contributed by atoms with Gasteiger partial charge in [-0.1, -0.05) is 19.8 Å². The Bertz CT molecular complexity index is 887. The Kier molecular flexibility index (Phi) is 7.66. The normalized spacial score (nSPS) is 14.8. The first-order valence-corrected chi connectivity index (χ1v) is 10.5. The summed E-state index contributed by atoms with van der Waals surface area (Å²) in [4.78, 5) is 30.0. The summed E-state index contributed by atoms with van der Waals surface area (Å²) < 4.78 is 11.2. The van der Waals surface area contributed by atoms with Crippen LogP contribution in [-0.4, -0.2) is 61.8 Å². The van der Waals surface area contributed by atoms with Gasteiger partial charge < -0.3 is 19.8 Å². The number of hydrogen-bond acceptors (Lipinski definition) is 5. The summed E-state index contributed by atoms with van der Waals surface area (Å²) in [6.45, 7) is 9.20. The number of unbranched alkanes of at least 4 members (excludes halogenated alkanes) is 2. The fourth-order valence-corrected chi connectivity index (χ4v) is 3.45. The summed E-state index contributed by atoms with van der Waals surface area (Å²) >= 11 is 0. The van der Waals surface area contributed by atoms with Gasteiger partial charge in [-0.2, -0.15) is 0 Å². The lowest BCUT2D eigenvalue weighted by molar-refractivity contribution is 0.0383. The number of rotatable bonds is 9. The van der Waals surface area contributed by atoms with Crippen molar-refractivity contribution >= 4 is 16.8 Å². The van der Waals surface area contributed by atoms with Crippen LogP contribution in [0.2, 0.25) is 0 Å². The van der Waals surface area contributed by atoms with Crippen molar-refractivity contribution in [1.29, 1.82) is 0 Å². The number of pyridine rings is 1. The number of aromatic amines is 1. The highest BCUT2D eigenvalue weighted by Crippen LogP contribution is 2.24. The number of nitrogens with one attached hydrogen (secondary N) is 2. The van der Waals surface area contributed by atoms with E-state index in [2.05, 4.69) is 22.1 Å². The average Bonchev–Trinajstić information content (AvgIpc) is 2.72. The van der Waals surface area contributed by atoms with Gasteiger partial charge in [-0.15, -0.1) is 0 Å². The molecule has 0 bridgehead atoms. The van der Waals surface area contributed by atoms with Gasteiger partial charge in [0, 0.05) is 37.1 Å². The molecular weight excluding hydrogens is 370 g/mol. The molecule has 0 atom stereocenters. The number of ether oxygens (including phenoxy) is 2. The number of amides is 1. The van der Waals surface area contributed by atoms with E-state index in [4.69, 9.17) is 9.47 Å². The minimum Gasteiger partial charge on any atom is -0.493 e. The van der Waals surface area contributed by atoms with E-state index < -0.39 is 0 Å². The van der Waals surface area contributed by atoms with Crippen molar-refractivity contribution in [2.75, 3.05) is 46.0 Å². The van der Waals surface area contributed by atoms with Crippen LogP contribution < -0.4 is 15.6 Å². The van der Waals surface area contributed by atoms with Crippen molar-refractivity contribution < 1.29 is 14.3 Å². The smallest absolute Gasteiger partial charge is 0.261 e. The molecule has 1 aliphatic rings. The Morgan fingerprint density at radius 1 is 1.24 bits per heavy atom. The number of benzene rings is 1. The number of morpholine rings is 1. The minimum absolute atomic E-state index is 0.125. The summed E-state index contributed by atoms with van der Waals surface area (Å²) in [5.41, 5.74) is 1.42. The van der Waals surface area contributed by atoms with Crippen LogP contribution in [0.25, 0.3) is 10.9 Å². The zero-order valence-corrected chi connectivity index (χ0v) is 17.4. The van der Waals surface area contributed by atoms with Crippen LogP contribution in [0.3, 0.4) is 0 Å². The molecule has 1 aromatic carbocycles. The maximum Gasteiger partial charge on any atom is 0.261 e. The molecule has 7 nitrogen and oxygen atoms in total. The van der Waals surface area contributed by atoms with Gasteiger partial charge in [-0.05, 0) is 37.1 Å². The average molecular weight is 402 g/mol. The Balaban J connectivity index is 1.68. The molecule has 158 valence electrons. The lowest BCUT2D eigenvalue weighted by Crippen LogP contribution is -2.42. The van der Waals surface area contributed by atoms with Gasteiger partial charge in [0.2, 0.25) is 0 Å². The van der Waals surface area contributed by atoms with Crippen molar-refractivity contribution in [3.63, 3.8) is 0 Å². The molecule has 0 radical (unpaired) electrons. The van der Waals surface area contributed by atoms with Crippen LogP contribution in [0.5, 0.6) is 5.75 Å². The van der Waals surface area contributed by atoms with E-state index in [9.17, 15) is 9.59 Å². The van der Waals surface area contributed by atoms with E-state index in [-0.39, 0.29) is 17.0 Å². The third kappa shape index (κ3) is 5.81. The highest BCUT2D eigenvalue weighted by Gasteiger charge is 2.14. The zero-order chi connectivity index (χ0) is 20.6. The summed E-state index contributed by atoms with van der Waals surface area (Å²) in [6, 6.07) is 5.44. The molecule has 0 unspecified atom stereocenters. The first-order chi connectivity index (χ1) is 14.1. The van der Waals surface area contributed by atoms with E-state index >= 15 is 0 Å². The van der Waals surface area contributed by atoms with Crippen molar-refractivity contribution in [1.82, 2.24) is 15.2 Å². The Labute approximate surface area is 171 Å². The molecule has 1 amide bonds. The van der Waals surface area contributed by atoms with Crippen molar-refractivity contribution in [2.24, 2.45) is 0 Å². The standard InChI is InChI=1S/C22H31N3O4/c1-3-4-5-10-29-20-15-17-14-18(22(27)24-19(17)13-16(20)2)21(26)23-6-7-25-8-11-28-12-9-25/h13-15H,3-12H2,1-2H3,(H,23,26)(H,24,27). The number of fused-ring (bicyclic) bond motifs is 1. The zero-order valence-electron chi connectivity index (χ0n) is 17.4. The van der Waals surface area contributed by atoms with Gasteiger partial charge in [0.05, 0.1) is 19.8 Å². The van der Waals surface area contributed by atoms with Gasteiger partial charge in [0.25, 0.3) is 11.5 Å². The molecule has 0 spiro atoms. The number of H-pyrrole nitrogens is 1. The molecule has 1 saturated heterocycles. The largest absolute Gasteiger partial charge is 0.493 e. The lowest BCUT2D eigenvalue weighted by atomic mass is 10.1. The van der Waals surface area contributed by atoms with Crippen LogP contribution >= 0.6 is 0 Å². The quantitative estimate of drug-likeness (QED) is 0.631.